The first-order chi connectivity index (χ1) is 11.2. The summed E-state index contributed by atoms with van der Waals surface area (Å²) in [6.45, 7) is 1.49. The molecule has 0 radical (unpaired) electrons. The second-order valence-electron chi connectivity index (χ2n) is 4.87. The van der Waals surface area contributed by atoms with Crippen molar-refractivity contribution in [2.24, 2.45) is 0 Å². The minimum atomic E-state index is -1.39. The molecule has 1 aliphatic rings. The molecular formula is C13H30N4O6. The average molecular weight is 338 g/mol. The summed E-state index contributed by atoms with van der Waals surface area (Å²) >= 11 is 0. The van der Waals surface area contributed by atoms with Gasteiger partial charge in [0.25, 0.3) is 0 Å². The normalized spacial score (nSPS) is 18.1. The highest BCUT2D eigenvalue weighted by molar-refractivity contribution is 4.77. The molecule has 0 aromatic carbocycles. The summed E-state index contributed by atoms with van der Waals surface area (Å²) in [5, 5.41) is 3.58. The molecule has 0 aromatic heterocycles. The third-order valence-corrected chi connectivity index (χ3v) is 3.76. The van der Waals surface area contributed by atoms with E-state index in [1.54, 1.807) is 0 Å². The molecule has 138 valence electrons. The van der Waals surface area contributed by atoms with Crippen LogP contribution in [0.3, 0.4) is 0 Å². The number of hydrogen-bond acceptors (Lipinski definition) is 10. The number of rotatable bonds is 10. The molecule has 0 amide bonds. The van der Waals surface area contributed by atoms with Gasteiger partial charge in [0.1, 0.15) is 0 Å². The zero-order valence-electron chi connectivity index (χ0n) is 15.0. The van der Waals surface area contributed by atoms with Crippen molar-refractivity contribution in [1.82, 2.24) is 20.6 Å². The van der Waals surface area contributed by atoms with Crippen LogP contribution in [0.4, 0.5) is 0 Å². The number of nitrogens with zero attached hydrogens (tertiary/aromatic N) is 4. The number of hydroxylamine groups is 6. The van der Waals surface area contributed by atoms with Crippen molar-refractivity contribution in [2.75, 3.05) is 55.7 Å². The first-order valence-corrected chi connectivity index (χ1v) is 7.57. The Bertz CT molecular complexity index is 274. The molecule has 1 rings (SSSR count). The predicted molar refractivity (Wildman–Crippen MR) is 80.3 cm³/mol. The van der Waals surface area contributed by atoms with Crippen LogP contribution in [0.5, 0.6) is 0 Å². The van der Waals surface area contributed by atoms with E-state index in [0.717, 1.165) is 38.8 Å². The van der Waals surface area contributed by atoms with Crippen LogP contribution >= 0.6 is 0 Å². The summed E-state index contributed by atoms with van der Waals surface area (Å²) in [5.41, 5.74) is 0. The second-order valence-corrected chi connectivity index (χ2v) is 4.87. The smallest absolute Gasteiger partial charge is 0.273 e. The highest BCUT2D eigenvalue weighted by Gasteiger charge is 2.58. The van der Waals surface area contributed by atoms with Crippen molar-refractivity contribution < 1.29 is 29.0 Å². The fraction of sp³-hybridized carbons (Fsp3) is 1.00. The van der Waals surface area contributed by atoms with Gasteiger partial charge < -0.3 is 0 Å². The van der Waals surface area contributed by atoms with Crippen LogP contribution in [-0.2, 0) is 29.0 Å². The molecule has 23 heavy (non-hydrogen) atoms. The molecule has 0 N–H and O–H groups in total. The molecule has 0 saturated carbocycles. The van der Waals surface area contributed by atoms with Crippen LogP contribution in [0.1, 0.15) is 25.7 Å². The summed E-state index contributed by atoms with van der Waals surface area (Å²) in [6.07, 6.45) is 4.30. The molecule has 0 aromatic rings. The Kier molecular flexibility index (Phi) is 9.39. The lowest BCUT2D eigenvalue weighted by Gasteiger charge is -2.52. The number of likely N-dealkylation sites (tertiary alicyclic amines) is 1. The summed E-state index contributed by atoms with van der Waals surface area (Å²) in [6, 6.07) is 0. The maximum absolute atomic E-state index is 5.39. The first kappa shape index (κ1) is 20.6. The van der Waals surface area contributed by atoms with Gasteiger partial charge in [-0.1, -0.05) is 12.8 Å². The van der Waals surface area contributed by atoms with Gasteiger partial charge in [-0.05, 0) is 28.5 Å². The van der Waals surface area contributed by atoms with Gasteiger partial charge in [-0.3, -0.25) is 29.0 Å². The molecule has 1 heterocycles. The van der Waals surface area contributed by atoms with Crippen LogP contribution in [0.2, 0.25) is 0 Å². The highest BCUT2D eigenvalue weighted by atomic mass is 17.0. The Morgan fingerprint density at radius 1 is 0.565 bits per heavy atom. The van der Waals surface area contributed by atoms with Gasteiger partial charge in [-0.15, -0.1) is 0 Å². The van der Waals surface area contributed by atoms with E-state index >= 15 is 0 Å². The lowest BCUT2D eigenvalue weighted by Crippen LogP contribution is -2.76. The molecule has 0 aliphatic carbocycles. The summed E-state index contributed by atoms with van der Waals surface area (Å²) in [4.78, 5) is 34.4. The van der Waals surface area contributed by atoms with Crippen molar-refractivity contribution >= 4 is 0 Å². The van der Waals surface area contributed by atoms with E-state index in [0.29, 0.717) is 0 Å². The summed E-state index contributed by atoms with van der Waals surface area (Å²) in [5.74, 6) is -1.39. The van der Waals surface area contributed by atoms with Gasteiger partial charge >= 0.3 is 5.91 Å². The molecule has 0 unspecified atom stereocenters. The molecule has 10 heteroatoms. The van der Waals surface area contributed by atoms with Gasteiger partial charge in [0, 0.05) is 13.1 Å². The quantitative estimate of drug-likeness (QED) is 0.421. The van der Waals surface area contributed by atoms with Gasteiger partial charge in [0.2, 0.25) is 0 Å². The molecule has 1 fully saturated rings. The molecule has 1 aliphatic heterocycles. The Morgan fingerprint density at radius 2 is 0.870 bits per heavy atom. The van der Waals surface area contributed by atoms with E-state index in [1.165, 1.54) is 58.3 Å². The molecule has 10 nitrogen and oxygen atoms in total. The molecule has 0 bridgehead atoms. The van der Waals surface area contributed by atoms with Crippen molar-refractivity contribution in [3.63, 3.8) is 0 Å². The lowest BCUT2D eigenvalue weighted by atomic mass is 10.2. The maximum atomic E-state index is 5.39. The minimum absolute atomic E-state index is 0.746. The van der Waals surface area contributed by atoms with Crippen molar-refractivity contribution in [3.8, 4) is 0 Å². The SMILES string of the molecule is CON(OC)C(N1CCCCCC1)(N(OC)OC)N(OC)OC. The predicted octanol–water partition coefficient (Wildman–Crippen LogP) is 0.748. The number of hydrogen-bond donors (Lipinski definition) is 0. The van der Waals surface area contributed by atoms with E-state index < -0.39 is 5.91 Å². The Labute approximate surface area is 138 Å². The zero-order valence-corrected chi connectivity index (χ0v) is 15.0. The van der Waals surface area contributed by atoms with Crippen molar-refractivity contribution in [2.45, 2.75) is 31.6 Å². The molecular weight excluding hydrogens is 308 g/mol. The monoisotopic (exact) mass is 338 g/mol. The Hall–Kier alpha value is -0.400. The molecule has 0 atom stereocenters. The zero-order chi connectivity index (χ0) is 17.3. The van der Waals surface area contributed by atoms with Gasteiger partial charge in [-0.2, -0.15) is 0 Å². The standard InChI is InChI=1S/C13H30N4O6/c1-18-15(19-2)13(16(20-3)21-4,17(22-5)23-6)14-11-9-7-8-10-12-14/h7-12H2,1-6H3. The van der Waals surface area contributed by atoms with Crippen molar-refractivity contribution in [3.05, 3.63) is 0 Å². The van der Waals surface area contributed by atoms with Crippen LogP contribution in [0, 0.1) is 0 Å². The van der Waals surface area contributed by atoms with Gasteiger partial charge in [0.15, 0.2) is 0 Å². The summed E-state index contributed by atoms with van der Waals surface area (Å²) in [7, 11) is 8.85. The Morgan fingerprint density at radius 3 is 1.13 bits per heavy atom. The van der Waals surface area contributed by atoms with Crippen LogP contribution in [-0.4, -0.2) is 82.2 Å². The summed E-state index contributed by atoms with van der Waals surface area (Å²) < 4.78 is 0. The highest BCUT2D eigenvalue weighted by Crippen LogP contribution is 2.33. The molecule has 1 saturated heterocycles. The molecule has 0 spiro atoms. The van der Waals surface area contributed by atoms with E-state index in [4.69, 9.17) is 29.0 Å². The maximum Gasteiger partial charge on any atom is 0.330 e. The fourth-order valence-electron chi connectivity index (χ4n) is 2.88. The lowest BCUT2D eigenvalue weighted by molar-refractivity contribution is -0.632. The van der Waals surface area contributed by atoms with Crippen LogP contribution < -0.4 is 0 Å². The van der Waals surface area contributed by atoms with Gasteiger partial charge in [-0.25, -0.2) is 4.90 Å². The van der Waals surface area contributed by atoms with Crippen LogP contribution in [0.25, 0.3) is 0 Å². The first-order valence-electron chi connectivity index (χ1n) is 7.57. The van der Waals surface area contributed by atoms with E-state index in [-0.39, 0.29) is 0 Å². The minimum Gasteiger partial charge on any atom is -0.273 e. The van der Waals surface area contributed by atoms with Crippen LogP contribution in [0.15, 0.2) is 0 Å². The third kappa shape index (κ3) is 4.17. The van der Waals surface area contributed by atoms with Crippen molar-refractivity contribution in [1.29, 1.82) is 0 Å². The second kappa shape index (κ2) is 10.5. The van der Waals surface area contributed by atoms with Gasteiger partial charge in [0.05, 0.1) is 42.7 Å². The average Bonchev–Trinajstić information content (AvgIpc) is 2.86. The Balaban J connectivity index is 3.41. The van der Waals surface area contributed by atoms with E-state index in [2.05, 4.69) is 0 Å². The third-order valence-electron chi connectivity index (χ3n) is 3.76. The van der Waals surface area contributed by atoms with E-state index in [1.807, 2.05) is 4.90 Å². The van der Waals surface area contributed by atoms with E-state index in [9.17, 15) is 0 Å². The fourth-order valence-corrected chi connectivity index (χ4v) is 2.88. The largest absolute Gasteiger partial charge is 0.330 e. The topological polar surface area (TPSA) is 68.3 Å².